The number of nitrogens with zero attached hydrogens (tertiary/aromatic N) is 2. The molecule has 1 aromatic carbocycles. The third kappa shape index (κ3) is 4.11. The second-order valence-electron chi connectivity index (χ2n) is 4.89. The molecule has 2 N–H and O–H groups in total. The van der Waals surface area contributed by atoms with E-state index in [4.69, 9.17) is 10.3 Å². The van der Waals surface area contributed by atoms with E-state index in [1.54, 1.807) is 6.07 Å². The first-order valence-electron chi connectivity index (χ1n) is 6.57. The highest BCUT2D eigenvalue weighted by Gasteiger charge is 2.11. The molecule has 2 rings (SSSR count). The van der Waals surface area contributed by atoms with Gasteiger partial charge in [0.1, 0.15) is 5.82 Å². The molecule has 0 aliphatic carbocycles. The molecule has 0 bridgehead atoms. The molecule has 108 valence electrons. The lowest BCUT2D eigenvalue weighted by Gasteiger charge is -2.06. The van der Waals surface area contributed by atoms with Gasteiger partial charge in [0.15, 0.2) is 0 Å². The predicted octanol–water partition coefficient (Wildman–Crippen LogP) is 3.56. The van der Waals surface area contributed by atoms with Gasteiger partial charge in [-0.2, -0.15) is 4.98 Å². The zero-order chi connectivity index (χ0) is 14.5. The van der Waals surface area contributed by atoms with Gasteiger partial charge in [-0.05, 0) is 43.5 Å². The van der Waals surface area contributed by atoms with Gasteiger partial charge in [-0.25, -0.2) is 4.39 Å². The summed E-state index contributed by atoms with van der Waals surface area (Å²) in [4.78, 5) is 4.30. The number of aryl methyl sites for hydroxylation is 1. The Morgan fingerprint density at radius 1 is 1.35 bits per heavy atom. The molecular weight excluding hydrogens is 325 g/mol. The monoisotopic (exact) mass is 341 g/mol. The first-order valence-corrected chi connectivity index (χ1v) is 7.37. The van der Waals surface area contributed by atoms with E-state index in [0.29, 0.717) is 40.6 Å². The molecule has 0 radical (unpaired) electrons. The van der Waals surface area contributed by atoms with Crippen LogP contribution in [-0.4, -0.2) is 16.7 Å². The van der Waals surface area contributed by atoms with E-state index >= 15 is 0 Å². The molecular formula is C14H17BrFN3O. The summed E-state index contributed by atoms with van der Waals surface area (Å²) in [6.07, 6.45) is 2.65. The van der Waals surface area contributed by atoms with Crippen molar-refractivity contribution in [2.75, 3.05) is 6.54 Å². The van der Waals surface area contributed by atoms with Gasteiger partial charge in [-0.15, -0.1) is 0 Å². The zero-order valence-corrected chi connectivity index (χ0v) is 12.9. The van der Waals surface area contributed by atoms with Gasteiger partial charge in [0.05, 0.1) is 0 Å². The summed E-state index contributed by atoms with van der Waals surface area (Å²) in [5.41, 5.74) is 6.11. The zero-order valence-electron chi connectivity index (χ0n) is 11.3. The van der Waals surface area contributed by atoms with Gasteiger partial charge in [-0.3, -0.25) is 0 Å². The highest BCUT2D eigenvalue weighted by molar-refractivity contribution is 9.10. The molecule has 0 saturated carbocycles. The van der Waals surface area contributed by atoms with Crippen molar-refractivity contribution in [3.8, 4) is 11.4 Å². The van der Waals surface area contributed by atoms with Crippen molar-refractivity contribution < 1.29 is 8.91 Å². The fourth-order valence-corrected chi connectivity index (χ4v) is 2.42. The van der Waals surface area contributed by atoms with Gasteiger partial charge in [0.2, 0.25) is 11.7 Å². The molecule has 0 aliphatic heterocycles. The first kappa shape index (κ1) is 15.1. The Labute approximate surface area is 125 Å². The Balaban J connectivity index is 2.05. The normalized spacial score (nSPS) is 12.6. The highest BCUT2D eigenvalue weighted by Crippen LogP contribution is 2.23. The van der Waals surface area contributed by atoms with Crippen LogP contribution in [0.4, 0.5) is 4.39 Å². The second kappa shape index (κ2) is 6.95. The topological polar surface area (TPSA) is 64.9 Å². The van der Waals surface area contributed by atoms with Gasteiger partial charge in [0.25, 0.3) is 0 Å². The fourth-order valence-electron chi connectivity index (χ4n) is 1.96. The molecule has 0 saturated heterocycles. The standard InChI is InChI=1S/C14H17BrFN3O/c1-9(4-5-17)2-3-13-18-14(19-20-13)10-6-11(15)8-12(16)7-10/h6-9H,2-5,17H2,1H3. The molecule has 2 aromatic rings. The molecule has 1 aromatic heterocycles. The number of rotatable bonds is 6. The number of benzene rings is 1. The molecule has 0 spiro atoms. The summed E-state index contributed by atoms with van der Waals surface area (Å²) >= 11 is 3.25. The van der Waals surface area contributed by atoms with Crippen molar-refractivity contribution >= 4 is 15.9 Å². The van der Waals surface area contributed by atoms with Gasteiger partial charge >= 0.3 is 0 Å². The summed E-state index contributed by atoms with van der Waals surface area (Å²) < 4.78 is 19.2. The summed E-state index contributed by atoms with van der Waals surface area (Å²) in [7, 11) is 0. The van der Waals surface area contributed by atoms with Crippen molar-refractivity contribution in [2.45, 2.75) is 26.2 Å². The van der Waals surface area contributed by atoms with Crippen LogP contribution < -0.4 is 5.73 Å². The third-order valence-corrected chi connectivity index (χ3v) is 3.56. The summed E-state index contributed by atoms with van der Waals surface area (Å²) in [6.45, 7) is 2.83. The maximum atomic E-state index is 13.3. The molecule has 0 amide bonds. The van der Waals surface area contributed by atoms with Crippen LogP contribution in [-0.2, 0) is 6.42 Å². The summed E-state index contributed by atoms with van der Waals surface area (Å²) in [6, 6.07) is 4.53. The molecule has 20 heavy (non-hydrogen) atoms. The van der Waals surface area contributed by atoms with Crippen LogP contribution in [0, 0.1) is 11.7 Å². The minimum Gasteiger partial charge on any atom is -0.339 e. The van der Waals surface area contributed by atoms with Crippen molar-refractivity contribution in [1.29, 1.82) is 0 Å². The molecule has 4 nitrogen and oxygen atoms in total. The lowest BCUT2D eigenvalue weighted by molar-refractivity contribution is 0.362. The maximum Gasteiger partial charge on any atom is 0.226 e. The maximum absolute atomic E-state index is 13.3. The fraction of sp³-hybridized carbons (Fsp3) is 0.429. The average Bonchev–Trinajstić information content (AvgIpc) is 2.84. The number of aromatic nitrogens is 2. The van der Waals surface area contributed by atoms with E-state index in [2.05, 4.69) is 33.0 Å². The molecule has 1 atom stereocenters. The van der Waals surface area contributed by atoms with E-state index in [-0.39, 0.29) is 5.82 Å². The minimum atomic E-state index is -0.336. The van der Waals surface area contributed by atoms with Crippen LogP contribution in [0.5, 0.6) is 0 Å². The van der Waals surface area contributed by atoms with Crippen molar-refractivity contribution in [3.05, 3.63) is 34.4 Å². The first-order chi connectivity index (χ1) is 9.58. The Bertz CT molecular complexity index is 553. The number of halogens is 2. The van der Waals surface area contributed by atoms with E-state index in [9.17, 15) is 4.39 Å². The molecule has 6 heteroatoms. The lowest BCUT2D eigenvalue weighted by Crippen LogP contribution is -2.06. The molecule has 1 unspecified atom stereocenters. The predicted molar refractivity (Wildman–Crippen MR) is 78.5 cm³/mol. The van der Waals surface area contributed by atoms with Crippen molar-refractivity contribution in [2.24, 2.45) is 11.7 Å². The van der Waals surface area contributed by atoms with Crippen LogP contribution in [0.15, 0.2) is 27.2 Å². The van der Waals surface area contributed by atoms with Crippen molar-refractivity contribution in [1.82, 2.24) is 10.1 Å². The Hall–Kier alpha value is -1.27. The van der Waals surface area contributed by atoms with Gasteiger partial charge in [-0.1, -0.05) is 28.0 Å². The van der Waals surface area contributed by atoms with E-state index < -0.39 is 0 Å². The molecule has 1 heterocycles. The van der Waals surface area contributed by atoms with E-state index in [0.717, 1.165) is 12.8 Å². The Morgan fingerprint density at radius 2 is 2.15 bits per heavy atom. The van der Waals surface area contributed by atoms with Gasteiger partial charge in [0, 0.05) is 16.5 Å². The highest BCUT2D eigenvalue weighted by atomic mass is 79.9. The number of nitrogens with two attached hydrogens (primary N) is 1. The Morgan fingerprint density at radius 3 is 2.85 bits per heavy atom. The van der Waals surface area contributed by atoms with E-state index in [1.807, 2.05) is 0 Å². The minimum absolute atomic E-state index is 0.336. The van der Waals surface area contributed by atoms with Crippen LogP contribution in [0.2, 0.25) is 0 Å². The smallest absolute Gasteiger partial charge is 0.226 e. The summed E-state index contributed by atoms with van der Waals surface area (Å²) in [5.74, 6) is 1.17. The average molecular weight is 342 g/mol. The number of hydrogen-bond acceptors (Lipinski definition) is 4. The van der Waals surface area contributed by atoms with Gasteiger partial charge < -0.3 is 10.3 Å². The molecule has 0 fully saturated rings. The van der Waals surface area contributed by atoms with Crippen LogP contribution >= 0.6 is 15.9 Å². The molecule has 0 aliphatic rings. The van der Waals surface area contributed by atoms with E-state index in [1.165, 1.54) is 12.1 Å². The quantitative estimate of drug-likeness (QED) is 0.872. The summed E-state index contributed by atoms with van der Waals surface area (Å²) in [5, 5.41) is 3.89. The number of hydrogen-bond donors (Lipinski definition) is 1. The van der Waals surface area contributed by atoms with Crippen molar-refractivity contribution in [3.63, 3.8) is 0 Å². The second-order valence-corrected chi connectivity index (χ2v) is 5.81. The largest absolute Gasteiger partial charge is 0.339 e. The third-order valence-electron chi connectivity index (χ3n) is 3.10. The van der Waals surface area contributed by atoms with Crippen LogP contribution in [0.1, 0.15) is 25.7 Å². The Kier molecular flexibility index (Phi) is 5.25. The SMILES string of the molecule is CC(CCN)CCc1nc(-c2cc(F)cc(Br)c2)no1. The van der Waals surface area contributed by atoms with Crippen LogP contribution in [0.25, 0.3) is 11.4 Å². The lowest BCUT2D eigenvalue weighted by atomic mass is 10.0. The van der Waals surface area contributed by atoms with Crippen LogP contribution in [0.3, 0.4) is 0 Å².